The minimum absolute atomic E-state index is 0.323. The lowest BCUT2D eigenvalue weighted by Crippen LogP contribution is -2.05. The molecule has 0 bridgehead atoms. The van der Waals surface area contributed by atoms with Crippen LogP contribution in [-0.2, 0) is 6.54 Å². The molecule has 74 valence electrons. The third-order valence-electron chi connectivity index (χ3n) is 2.00. The van der Waals surface area contributed by atoms with Gasteiger partial charge in [0.2, 0.25) is 5.88 Å². The van der Waals surface area contributed by atoms with Crippen molar-refractivity contribution in [1.82, 2.24) is 9.78 Å². The van der Waals surface area contributed by atoms with Crippen LogP contribution in [0.4, 0.5) is 0 Å². The maximum absolute atomic E-state index is 9.75. The van der Waals surface area contributed by atoms with Gasteiger partial charge in [-0.15, -0.1) is 0 Å². The Kier molecular flexibility index (Phi) is 2.96. The van der Waals surface area contributed by atoms with E-state index in [2.05, 4.69) is 32.8 Å². The van der Waals surface area contributed by atoms with E-state index < -0.39 is 0 Å². The van der Waals surface area contributed by atoms with Gasteiger partial charge < -0.3 is 5.11 Å². The smallest absolute Gasteiger partial charge is 0.212 e. The van der Waals surface area contributed by atoms with Gasteiger partial charge in [0.1, 0.15) is 0 Å². The highest BCUT2D eigenvalue weighted by Gasteiger charge is 2.12. The van der Waals surface area contributed by atoms with Crippen LogP contribution in [0.15, 0.2) is 6.20 Å². The highest BCUT2D eigenvalue weighted by molar-refractivity contribution is 5.25. The molecule has 1 rings (SSSR count). The lowest BCUT2D eigenvalue weighted by Gasteiger charge is -2.07. The topological polar surface area (TPSA) is 38.0 Å². The van der Waals surface area contributed by atoms with Crippen LogP contribution >= 0.6 is 0 Å². The largest absolute Gasteiger partial charge is 0.493 e. The van der Waals surface area contributed by atoms with Crippen molar-refractivity contribution in [3.05, 3.63) is 11.8 Å². The minimum atomic E-state index is 0.323. The van der Waals surface area contributed by atoms with Crippen molar-refractivity contribution in [2.75, 3.05) is 0 Å². The monoisotopic (exact) mass is 182 g/mol. The normalized spacial score (nSPS) is 11.5. The lowest BCUT2D eigenvalue weighted by atomic mass is 10.1. The van der Waals surface area contributed by atoms with Crippen LogP contribution < -0.4 is 0 Å². The van der Waals surface area contributed by atoms with Gasteiger partial charge in [-0.05, 0) is 11.8 Å². The number of hydrogen-bond donors (Lipinski definition) is 1. The molecule has 1 aromatic heterocycles. The van der Waals surface area contributed by atoms with E-state index in [1.807, 2.05) is 0 Å². The molecule has 3 heteroatoms. The van der Waals surface area contributed by atoms with Crippen LogP contribution in [0.2, 0.25) is 0 Å². The van der Waals surface area contributed by atoms with Gasteiger partial charge in [-0.25, -0.2) is 4.68 Å². The second-order valence-electron chi connectivity index (χ2n) is 4.15. The number of rotatable bonds is 3. The standard InChI is InChI=1S/C10H18N2O/c1-7(2)6-12-10(13)9(5-11-12)8(3)4/h5,7-8,13H,6H2,1-4H3. The third kappa shape index (κ3) is 2.23. The molecule has 0 amide bonds. The average Bonchev–Trinajstić information content (AvgIpc) is 2.32. The SMILES string of the molecule is CC(C)Cn1ncc(C(C)C)c1O. The second kappa shape index (κ2) is 3.81. The maximum Gasteiger partial charge on any atom is 0.212 e. The molecule has 3 nitrogen and oxygen atoms in total. The predicted molar refractivity (Wildman–Crippen MR) is 52.8 cm³/mol. The minimum Gasteiger partial charge on any atom is -0.493 e. The maximum atomic E-state index is 9.75. The van der Waals surface area contributed by atoms with Crippen molar-refractivity contribution in [1.29, 1.82) is 0 Å². The molecule has 0 atom stereocenters. The van der Waals surface area contributed by atoms with E-state index in [9.17, 15) is 5.11 Å². The van der Waals surface area contributed by atoms with Gasteiger partial charge in [0.05, 0.1) is 6.20 Å². The van der Waals surface area contributed by atoms with E-state index in [1.165, 1.54) is 0 Å². The second-order valence-corrected chi connectivity index (χ2v) is 4.15. The Morgan fingerprint density at radius 3 is 2.38 bits per heavy atom. The Labute approximate surface area is 79.4 Å². The molecule has 0 aliphatic rings. The van der Waals surface area contributed by atoms with Crippen molar-refractivity contribution in [2.45, 2.75) is 40.2 Å². The molecule has 0 saturated heterocycles. The molecule has 1 aromatic rings. The van der Waals surface area contributed by atoms with E-state index in [-0.39, 0.29) is 0 Å². The van der Waals surface area contributed by atoms with Gasteiger partial charge in [0, 0.05) is 12.1 Å². The fraction of sp³-hybridized carbons (Fsp3) is 0.700. The van der Waals surface area contributed by atoms with Crippen molar-refractivity contribution >= 4 is 0 Å². The predicted octanol–water partition coefficient (Wildman–Crippen LogP) is 2.37. The van der Waals surface area contributed by atoms with Crippen molar-refractivity contribution in [3.63, 3.8) is 0 Å². The number of nitrogens with zero attached hydrogens (tertiary/aromatic N) is 2. The zero-order chi connectivity index (χ0) is 10.0. The van der Waals surface area contributed by atoms with E-state index in [1.54, 1.807) is 10.9 Å². The Morgan fingerprint density at radius 2 is 2.00 bits per heavy atom. The molecule has 0 unspecified atom stereocenters. The summed E-state index contributed by atoms with van der Waals surface area (Å²) in [5, 5.41) is 13.9. The van der Waals surface area contributed by atoms with Gasteiger partial charge >= 0.3 is 0 Å². The summed E-state index contributed by atoms with van der Waals surface area (Å²) in [4.78, 5) is 0. The van der Waals surface area contributed by atoms with E-state index in [0.29, 0.717) is 17.7 Å². The lowest BCUT2D eigenvalue weighted by molar-refractivity contribution is 0.367. The molecule has 0 aliphatic heterocycles. The number of aromatic hydroxyl groups is 1. The molecule has 0 aliphatic carbocycles. The first-order valence-corrected chi connectivity index (χ1v) is 4.77. The third-order valence-corrected chi connectivity index (χ3v) is 2.00. The molecule has 0 saturated carbocycles. The Balaban J connectivity index is 2.86. The zero-order valence-corrected chi connectivity index (χ0v) is 8.78. The number of hydrogen-bond acceptors (Lipinski definition) is 2. The van der Waals surface area contributed by atoms with Gasteiger partial charge in [-0.2, -0.15) is 5.10 Å². The first kappa shape index (κ1) is 10.1. The molecule has 1 heterocycles. The van der Waals surface area contributed by atoms with Crippen molar-refractivity contribution in [3.8, 4) is 5.88 Å². The van der Waals surface area contributed by atoms with Crippen LogP contribution in [0.1, 0.15) is 39.2 Å². The van der Waals surface area contributed by atoms with Gasteiger partial charge in [-0.3, -0.25) is 0 Å². The van der Waals surface area contributed by atoms with Crippen molar-refractivity contribution < 1.29 is 5.11 Å². The fourth-order valence-corrected chi connectivity index (χ4v) is 1.28. The summed E-state index contributed by atoms with van der Waals surface area (Å²) < 4.78 is 1.67. The van der Waals surface area contributed by atoms with E-state index >= 15 is 0 Å². The summed E-state index contributed by atoms with van der Waals surface area (Å²) in [7, 11) is 0. The van der Waals surface area contributed by atoms with Crippen LogP contribution in [0.25, 0.3) is 0 Å². The quantitative estimate of drug-likeness (QED) is 0.779. The number of aromatic nitrogens is 2. The van der Waals surface area contributed by atoms with Crippen LogP contribution in [0, 0.1) is 5.92 Å². The summed E-state index contributed by atoms with van der Waals surface area (Å²) in [6.07, 6.45) is 1.75. The van der Waals surface area contributed by atoms with Crippen molar-refractivity contribution in [2.24, 2.45) is 5.92 Å². The molecule has 0 fully saturated rings. The van der Waals surface area contributed by atoms with Crippen LogP contribution in [0.5, 0.6) is 5.88 Å². The summed E-state index contributed by atoms with van der Waals surface area (Å²) in [5.41, 5.74) is 0.931. The zero-order valence-electron chi connectivity index (χ0n) is 8.78. The summed E-state index contributed by atoms with van der Waals surface area (Å²) in [5.74, 6) is 1.16. The molecular weight excluding hydrogens is 164 g/mol. The van der Waals surface area contributed by atoms with Crippen LogP contribution in [-0.4, -0.2) is 14.9 Å². The van der Waals surface area contributed by atoms with Crippen LogP contribution in [0.3, 0.4) is 0 Å². The molecule has 0 radical (unpaired) electrons. The highest BCUT2D eigenvalue weighted by atomic mass is 16.3. The Bertz CT molecular complexity index is 276. The molecule has 0 aromatic carbocycles. The first-order chi connectivity index (χ1) is 6.02. The molecule has 1 N–H and O–H groups in total. The fourth-order valence-electron chi connectivity index (χ4n) is 1.28. The highest BCUT2D eigenvalue weighted by Crippen LogP contribution is 2.25. The van der Waals surface area contributed by atoms with Gasteiger partial charge in [0.25, 0.3) is 0 Å². The summed E-state index contributed by atoms with van der Waals surface area (Å²) >= 11 is 0. The average molecular weight is 182 g/mol. The van der Waals surface area contributed by atoms with E-state index in [4.69, 9.17) is 0 Å². The summed E-state index contributed by atoms with van der Waals surface area (Å²) in [6.45, 7) is 9.10. The van der Waals surface area contributed by atoms with Gasteiger partial charge in [0.15, 0.2) is 0 Å². The Morgan fingerprint density at radius 1 is 1.38 bits per heavy atom. The molecular formula is C10H18N2O. The van der Waals surface area contributed by atoms with E-state index in [0.717, 1.165) is 12.1 Å². The molecule has 13 heavy (non-hydrogen) atoms. The Hall–Kier alpha value is -0.990. The first-order valence-electron chi connectivity index (χ1n) is 4.77. The van der Waals surface area contributed by atoms with Gasteiger partial charge in [-0.1, -0.05) is 27.7 Å². The summed E-state index contributed by atoms with van der Waals surface area (Å²) in [6, 6.07) is 0. The molecule has 0 spiro atoms.